The molecule has 0 saturated heterocycles. The van der Waals surface area contributed by atoms with Crippen molar-refractivity contribution in [3.05, 3.63) is 58.1 Å². The molecule has 2 aromatic rings. The first-order valence-electron chi connectivity index (χ1n) is 6.60. The van der Waals surface area contributed by atoms with Gasteiger partial charge in [-0.15, -0.1) is 0 Å². The molecule has 0 bridgehead atoms. The number of nitrogens with one attached hydrogen (secondary N) is 1. The number of methoxy groups -OCH3 is 2. The Labute approximate surface area is 137 Å². The fourth-order valence-electron chi connectivity index (χ4n) is 1.96. The number of ether oxygens (including phenoxy) is 2. The minimum atomic E-state index is -0.888. The minimum Gasteiger partial charge on any atom is -0.493 e. The van der Waals surface area contributed by atoms with E-state index < -0.39 is 23.1 Å². The maximum Gasteiger partial charge on any atom is 0.254 e. The van der Waals surface area contributed by atoms with Crippen molar-refractivity contribution < 1.29 is 23.0 Å². The smallest absolute Gasteiger partial charge is 0.254 e. The van der Waals surface area contributed by atoms with Gasteiger partial charge in [-0.2, -0.15) is 0 Å². The van der Waals surface area contributed by atoms with Crippen LogP contribution in [-0.2, 0) is 6.54 Å². The average Bonchev–Trinajstić information content (AvgIpc) is 2.55. The lowest BCUT2D eigenvalue weighted by atomic mass is 10.1. The van der Waals surface area contributed by atoms with Crippen LogP contribution in [0.4, 0.5) is 8.78 Å². The van der Waals surface area contributed by atoms with Gasteiger partial charge in [0.2, 0.25) is 0 Å². The number of hydrogen-bond acceptors (Lipinski definition) is 3. The summed E-state index contributed by atoms with van der Waals surface area (Å²) in [4.78, 5) is 12.0. The Bertz CT molecular complexity index is 738. The Morgan fingerprint density at radius 3 is 2.43 bits per heavy atom. The molecular weight excluding hydrogens is 328 g/mol. The van der Waals surface area contributed by atoms with Gasteiger partial charge in [0.15, 0.2) is 11.5 Å². The Morgan fingerprint density at radius 2 is 1.78 bits per heavy atom. The van der Waals surface area contributed by atoms with Crippen LogP contribution < -0.4 is 14.8 Å². The first kappa shape index (κ1) is 17.0. The molecule has 1 N–H and O–H groups in total. The van der Waals surface area contributed by atoms with E-state index in [9.17, 15) is 13.6 Å². The molecule has 0 unspecified atom stereocenters. The number of rotatable bonds is 5. The van der Waals surface area contributed by atoms with Crippen LogP contribution in [0.2, 0.25) is 5.02 Å². The van der Waals surface area contributed by atoms with Crippen molar-refractivity contribution in [2.75, 3.05) is 14.2 Å². The van der Waals surface area contributed by atoms with Crippen LogP contribution in [-0.4, -0.2) is 20.1 Å². The van der Waals surface area contributed by atoms with E-state index >= 15 is 0 Å². The molecule has 7 heteroatoms. The summed E-state index contributed by atoms with van der Waals surface area (Å²) in [6, 6.07) is 6.62. The number of hydrogen-bond donors (Lipinski definition) is 1. The molecule has 4 nitrogen and oxygen atoms in total. The van der Waals surface area contributed by atoms with Crippen LogP contribution in [0, 0.1) is 11.6 Å². The lowest BCUT2D eigenvalue weighted by Gasteiger charge is -2.11. The van der Waals surface area contributed by atoms with Gasteiger partial charge in [-0.25, -0.2) is 8.78 Å². The highest BCUT2D eigenvalue weighted by atomic mass is 35.5. The van der Waals surface area contributed by atoms with E-state index in [4.69, 9.17) is 21.1 Å². The SMILES string of the molecule is COc1ccc(CNC(=O)c2cc(F)c(Cl)cc2F)cc1OC. The normalized spacial score (nSPS) is 10.3. The lowest BCUT2D eigenvalue weighted by molar-refractivity contribution is 0.0946. The molecule has 0 spiro atoms. The van der Waals surface area contributed by atoms with Crippen LogP contribution in [0.15, 0.2) is 30.3 Å². The molecule has 0 aliphatic carbocycles. The number of benzene rings is 2. The van der Waals surface area contributed by atoms with Gasteiger partial charge in [-0.05, 0) is 29.8 Å². The van der Waals surface area contributed by atoms with Crippen molar-refractivity contribution in [3.8, 4) is 11.5 Å². The fraction of sp³-hybridized carbons (Fsp3) is 0.188. The summed E-state index contributed by atoms with van der Waals surface area (Å²) >= 11 is 5.45. The molecule has 0 heterocycles. The topological polar surface area (TPSA) is 47.6 Å². The van der Waals surface area contributed by atoms with Gasteiger partial charge < -0.3 is 14.8 Å². The summed E-state index contributed by atoms with van der Waals surface area (Å²) in [5.41, 5.74) is 0.304. The van der Waals surface area contributed by atoms with Gasteiger partial charge in [0, 0.05) is 6.54 Å². The quantitative estimate of drug-likeness (QED) is 0.846. The van der Waals surface area contributed by atoms with E-state index in [1.807, 2.05) is 0 Å². The van der Waals surface area contributed by atoms with E-state index in [2.05, 4.69) is 5.32 Å². The Hall–Kier alpha value is -2.34. The fourth-order valence-corrected chi connectivity index (χ4v) is 2.12. The third-order valence-electron chi connectivity index (χ3n) is 3.16. The van der Waals surface area contributed by atoms with E-state index in [0.717, 1.165) is 12.1 Å². The highest BCUT2D eigenvalue weighted by Crippen LogP contribution is 2.27. The van der Waals surface area contributed by atoms with Crippen molar-refractivity contribution in [2.24, 2.45) is 0 Å². The Morgan fingerprint density at radius 1 is 1.09 bits per heavy atom. The molecule has 0 aliphatic heterocycles. The molecule has 122 valence electrons. The summed E-state index contributed by atoms with van der Waals surface area (Å²) < 4.78 is 37.3. The van der Waals surface area contributed by atoms with Crippen molar-refractivity contribution >= 4 is 17.5 Å². The summed E-state index contributed by atoms with van der Waals surface area (Å²) in [6.45, 7) is 0.114. The maximum atomic E-state index is 13.7. The van der Waals surface area contributed by atoms with Gasteiger partial charge in [0.25, 0.3) is 5.91 Å². The Kier molecular flexibility index (Phi) is 5.39. The molecule has 0 saturated carbocycles. The van der Waals surface area contributed by atoms with Crippen LogP contribution in [0.25, 0.3) is 0 Å². The number of carbonyl (C=O) groups excluding carboxylic acids is 1. The van der Waals surface area contributed by atoms with Gasteiger partial charge in [0.05, 0.1) is 24.8 Å². The zero-order valence-electron chi connectivity index (χ0n) is 12.5. The van der Waals surface area contributed by atoms with Gasteiger partial charge >= 0.3 is 0 Å². The molecule has 0 atom stereocenters. The lowest BCUT2D eigenvalue weighted by Crippen LogP contribution is -2.24. The first-order valence-corrected chi connectivity index (χ1v) is 6.97. The Balaban J connectivity index is 2.12. The van der Waals surface area contributed by atoms with Gasteiger partial charge in [-0.1, -0.05) is 17.7 Å². The maximum absolute atomic E-state index is 13.7. The second kappa shape index (κ2) is 7.28. The largest absolute Gasteiger partial charge is 0.493 e. The minimum absolute atomic E-state index is 0.114. The van der Waals surface area contributed by atoms with Crippen molar-refractivity contribution in [2.45, 2.75) is 6.54 Å². The molecular formula is C16H14ClF2NO3. The number of amides is 1. The number of carbonyl (C=O) groups is 1. The molecule has 0 radical (unpaired) electrons. The van der Waals surface area contributed by atoms with E-state index in [1.165, 1.54) is 14.2 Å². The molecule has 0 aliphatic rings. The molecule has 2 rings (SSSR count). The van der Waals surface area contributed by atoms with Crippen molar-refractivity contribution in [1.82, 2.24) is 5.32 Å². The first-order chi connectivity index (χ1) is 11.0. The molecule has 2 aromatic carbocycles. The van der Waals surface area contributed by atoms with Crippen LogP contribution >= 0.6 is 11.6 Å². The molecule has 0 aromatic heterocycles. The molecule has 0 fully saturated rings. The van der Waals surface area contributed by atoms with Crippen LogP contribution in [0.3, 0.4) is 0 Å². The van der Waals surface area contributed by atoms with E-state index in [0.29, 0.717) is 17.1 Å². The van der Waals surface area contributed by atoms with Crippen LogP contribution in [0.5, 0.6) is 11.5 Å². The summed E-state index contributed by atoms with van der Waals surface area (Å²) in [5.74, 6) is -1.44. The van der Waals surface area contributed by atoms with Crippen LogP contribution in [0.1, 0.15) is 15.9 Å². The van der Waals surface area contributed by atoms with Crippen molar-refractivity contribution in [1.29, 1.82) is 0 Å². The molecule has 1 amide bonds. The monoisotopic (exact) mass is 341 g/mol. The van der Waals surface area contributed by atoms with Crippen molar-refractivity contribution in [3.63, 3.8) is 0 Å². The van der Waals surface area contributed by atoms with Gasteiger partial charge in [-0.3, -0.25) is 4.79 Å². The highest BCUT2D eigenvalue weighted by molar-refractivity contribution is 6.30. The second-order valence-electron chi connectivity index (χ2n) is 4.62. The third kappa shape index (κ3) is 3.90. The zero-order valence-corrected chi connectivity index (χ0v) is 13.2. The average molecular weight is 342 g/mol. The predicted molar refractivity (Wildman–Crippen MR) is 82.1 cm³/mol. The van der Waals surface area contributed by atoms with E-state index in [-0.39, 0.29) is 11.6 Å². The number of halogens is 3. The molecule has 23 heavy (non-hydrogen) atoms. The highest BCUT2D eigenvalue weighted by Gasteiger charge is 2.15. The third-order valence-corrected chi connectivity index (χ3v) is 3.45. The summed E-state index contributed by atoms with van der Waals surface area (Å²) in [6.07, 6.45) is 0. The second-order valence-corrected chi connectivity index (χ2v) is 5.03. The predicted octanol–water partition coefficient (Wildman–Crippen LogP) is 3.57. The van der Waals surface area contributed by atoms with E-state index in [1.54, 1.807) is 18.2 Å². The summed E-state index contributed by atoms with van der Waals surface area (Å²) in [5, 5.41) is 2.13. The van der Waals surface area contributed by atoms with Gasteiger partial charge in [0.1, 0.15) is 11.6 Å². The standard InChI is InChI=1S/C16H14ClF2NO3/c1-22-14-4-3-9(5-15(14)23-2)8-20-16(21)10-6-13(19)11(17)7-12(10)18/h3-7H,8H2,1-2H3,(H,20,21). The zero-order chi connectivity index (χ0) is 17.0. The summed E-state index contributed by atoms with van der Waals surface area (Å²) in [7, 11) is 3.00.